The monoisotopic (exact) mass is 566 g/mol. The summed E-state index contributed by atoms with van der Waals surface area (Å²) in [6, 6.07) is 10.5. The number of ether oxygens (including phenoxy) is 1. The lowest BCUT2D eigenvalue weighted by molar-refractivity contribution is -0.274. The summed E-state index contributed by atoms with van der Waals surface area (Å²) in [6.45, 7) is 1.43. The number of aryl methyl sites for hydroxylation is 1. The standard InChI is InChI=1S/C24H24F6N2O3S2/c1-16-19-5-2-3-6-20(19)36-22(16)32(15-17-8-10-18(11-9-17)35-24(28,29)30)37(33,34)14-13-31-12-4-7-21(31)23(25,26)27/h2-3,5-6,8-11,21H,4,7,12-15H2,1H3/t21-/m0/s1. The van der Waals surface area contributed by atoms with Gasteiger partial charge in [0.1, 0.15) is 16.8 Å². The van der Waals surface area contributed by atoms with Gasteiger partial charge in [0.25, 0.3) is 0 Å². The molecule has 13 heteroatoms. The van der Waals surface area contributed by atoms with Crippen molar-refractivity contribution in [2.24, 2.45) is 0 Å². The maximum absolute atomic E-state index is 13.6. The first kappa shape index (κ1) is 27.5. The third kappa shape index (κ3) is 6.50. The molecule has 202 valence electrons. The summed E-state index contributed by atoms with van der Waals surface area (Å²) >= 11 is 1.23. The number of sulfonamides is 1. The minimum absolute atomic E-state index is 0.0744. The molecule has 0 radical (unpaired) electrons. The molecule has 0 N–H and O–H groups in total. The van der Waals surface area contributed by atoms with Gasteiger partial charge in [-0.3, -0.25) is 9.21 Å². The zero-order chi connectivity index (χ0) is 27.0. The van der Waals surface area contributed by atoms with E-state index in [-0.39, 0.29) is 26.1 Å². The van der Waals surface area contributed by atoms with Gasteiger partial charge in [0, 0.05) is 11.2 Å². The highest BCUT2D eigenvalue weighted by Gasteiger charge is 2.46. The number of halogens is 6. The van der Waals surface area contributed by atoms with Crippen molar-refractivity contribution in [3.8, 4) is 5.75 Å². The first-order valence-electron chi connectivity index (χ1n) is 11.4. The molecule has 0 amide bonds. The van der Waals surface area contributed by atoms with Gasteiger partial charge in [-0.2, -0.15) is 13.2 Å². The molecule has 4 rings (SSSR count). The SMILES string of the molecule is Cc1c(N(Cc2ccc(OC(F)(F)F)cc2)S(=O)(=O)CCN2CCC[C@H]2C(F)(F)F)sc2ccccc12. The molecular formula is C24H24F6N2O3S2. The van der Waals surface area contributed by atoms with E-state index in [4.69, 9.17) is 0 Å². The van der Waals surface area contributed by atoms with Crippen molar-refractivity contribution in [2.75, 3.05) is 23.1 Å². The lowest BCUT2D eigenvalue weighted by atomic mass is 10.2. The van der Waals surface area contributed by atoms with Gasteiger partial charge >= 0.3 is 12.5 Å². The van der Waals surface area contributed by atoms with Crippen LogP contribution in [0.3, 0.4) is 0 Å². The minimum Gasteiger partial charge on any atom is -0.406 e. The Hall–Kier alpha value is -2.51. The number of alkyl halides is 6. The topological polar surface area (TPSA) is 49.9 Å². The number of thiophene rings is 1. The van der Waals surface area contributed by atoms with Crippen LogP contribution in [-0.2, 0) is 16.6 Å². The molecule has 0 bridgehead atoms. The van der Waals surface area contributed by atoms with Gasteiger partial charge in [-0.15, -0.1) is 24.5 Å². The maximum atomic E-state index is 13.6. The molecule has 0 spiro atoms. The second kappa shape index (κ2) is 10.3. The van der Waals surface area contributed by atoms with E-state index in [9.17, 15) is 34.8 Å². The van der Waals surface area contributed by atoms with Crippen LogP contribution in [-0.4, -0.2) is 50.7 Å². The van der Waals surface area contributed by atoms with Crippen molar-refractivity contribution in [3.63, 3.8) is 0 Å². The first-order valence-corrected chi connectivity index (χ1v) is 13.8. The van der Waals surface area contributed by atoms with Crippen molar-refractivity contribution >= 4 is 36.4 Å². The molecule has 1 aromatic heterocycles. The summed E-state index contributed by atoms with van der Waals surface area (Å²) in [6.07, 6.45) is -9.05. The number of nitrogens with zero attached hydrogens (tertiary/aromatic N) is 2. The Morgan fingerprint density at radius 3 is 2.35 bits per heavy atom. The summed E-state index contributed by atoms with van der Waals surface area (Å²) in [7, 11) is -4.12. The van der Waals surface area contributed by atoms with Gasteiger partial charge in [-0.25, -0.2) is 8.42 Å². The minimum atomic E-state index is -4.87. The lowest BCUT2D eigenvalue weighted by Gasteiger charge is -2.29. The molecule has 2 heterocycles. The fourth-order valence-electron chi connectivity index (χ4n) is 4.47. The van der Waals surface area contributed by atoms with Crippen molar-refractivity contribution in [2.45, 2.75) is 44.9 Å². The predicted molar refractivity (Wildman–Crippen MR) is 130 cm³/mol. The zero-order valence-electron chi connectivity index (χ0n) is 19.6. The fourth-order valence-corrected chi connectivity index (χ4v) is 7.45. The van der Waals surface area contributed by atoms with Gasteiger partial charge in [0.05, 0.1) is 12.3 Å². The Kier molecular flexibility index (Phi) is 7.69. The molecule has 0 aliphatic carbocycles. The molecule has 0 saturated carbocycles. The third-order valence-electron chi connectivity index (χ3n) is 6.24. The van der Waals surface area contributed by atoms with Gasteiger partial charge in [0.2, 0.25) is 10.0 Å². The van der Waals surface area contributed by atoms with Gasteiger partial charge in [0.15, 0.2) is 0 Å². The van der Waals surface area contributed by atoms with Gasteiger partial charge in [-0.05, 0) is 61.0 Å². The summed E-state index contributed by atoms with van der Waals surface area (Å²) < 4.78 is 111. The number of fused-ring (bicyclic) bond motifs is 1. The van der Waals surface area contributed by atoms with E-state index >= 15 is 0 Å². The van der Waals surface area contributed by atoms with Crippen LogP contribution in [0.4, 0.5) is 31.3 Å². The molecule has 37 heavy (non-hydrogen) atoms. The van der Waals surface area contributed by atoms with Crippen molar-refractivity contribution in [1.29, 1.82) is 0 Å². The summed E-state index contributed by atoms with van der Waals surface area (Å²) in [5, 5.41) is 1.25. The molecule has 5 nitrogen and oxygen atoms in total. The molecule has 1 atom stereocenters. The molecule has 1 aliphatic rings. The van der Waals surface area contributed by atoms with E-state index in [0.717, 1.165) is 31.4 Å². The highest BCUT2D eigenvalue weighted by Crippen LogP contribution is 2.40. The quantitative estimate of drug-likeness (QED) is 0.293. The molecule has 1 fully saturated rings. The lowest BCUT2D eigenvalue weighted by Crippen LogP contribution is -2.44. The van der Waals surface area contributed by atoms with Crippen molar-refractivity contribution < 1.29 is 39.5 Å². The average Bonchev–Trinajstić information content (AvgIpc) is 3.41. The largest absolute Gasteiger partial charge is 0.573 e. The highest BCUT2D eigenvalue weighted by molar-refractivity contribution is 7.93. The van der Waals surface area contributed by atoms with E-state index in [0.29, 0.717) is 22.5 Å². The Bertz CT molecular complexity index is 1340. The number of likely N-dealkylation sites (tertiary alicyclic amines) is 1. The second-order valence-electron chi connectivity index (χ2n) is 8.78. The fraction of sp³-hybridized carbons (Fsp3) is 0.417. The number of anilines is 1. The highest BCUT2D eigenvalue weighted by atomic mass is 32.2. The van der Waals surface area contributed by atoms with Crippen LogP contribution in [0.15, 0.2) is 48.5 Å². The summed E-state index contributed by atoms with van der Waals surface area (Å²) in [4.78, 5) is 1.15. The number of rotatable bonds is 8. The Balaban J connectivity index is 1.63. The van der Waals surface area contributed by atoms with Crippen LogP contribution >= 0.6 is 11.3 Å². The second-order valence-corrected chi connectivity index (χ2v) is 11.8. The molecule has 3 aromatic rings. The number of hydrogen-bond donors (Lipinski definition) is 0. The molecule has 1 aliphatic heterocycles. The van der Waals surface area contributed by atoms with E-state index in [1.54, 1.807) is 6.92 Å². The van der Waals surface area contributed by atoms with Crippen LogP contribution in [0.2, 0.25) is 0 Å². The molecule has 1 saturated heterocycles. The smallest absolute Gasteiger partial charge is 0.406 e. The Labute approximate surface area is 214 Å². The van der Waals surface area contributed by atoms with E-state index in [1.165, 1.54) is 23.5 Å². The van der Waals surface area contributed by atoms with Crippen LogP contribution in [0.1, 0.15) is 24.0 Å². The molecule has 0 unspecified atom stereocenters. The molecular weight excluding hydrogens is 542 g/mol. The third-order valence-corrected chi connectivity index (χ3v) is 9.33. The predicted octanol–water partition coefficient (Wildman–Crippen LogP) is 6.47. The number of hydrogen-bond acceptors (Lipinski definition) is 5. The van der Waals surface area contributed by atoms with Gasteiger partial charge in [-0.1, -0.05) is 30.3 Å². The molecule has 2 aromatic carbocycles. The Morgan fingerprint density at radius 2 is 1.73 bits per heavy atom. The number of benzene rings is 2. The maximum Gasteiger partial charge on any atom is 0.573 e. The zero-order valence-corrected chi connectivity index (χ0v) is 21.3. The van der Waals surface area contributed by atoms with Crippen molar-refractivity contribution in [1.82, 2.24) is 4.90 Å². The van der Waals surface area contributed by atoms with Crippen LogP contribution in [0.25, 0.3) is 10.1 Å². The van der Waals surface area contributed by atoms with Crippen molar-refractivity contribution in [3.05, 3.63) is 59.7 Å². The van der Waals surface area contributed by atoms with Gasteiger partial charge < -0.3 is 4.74 Å². The van der Waals surface area contributed by atoms with Crippen LogP contribution < -0.4 is 9.04 Å². The Morgan fingerprint density at radius 1 is 1.05 bits per heavy atom. The summed E-state index contributed by atoms with van der Waals surface area (Å²) in [5.41, 5.74) is 1.08. The first-order chi connectivity index (χ1) is 17.2. The van der Waals surface area contributed by atoms with E-state index < -0.39 is 40.1 Å². The van der Waals surface area contributed by atoms with E-state index in [2.05, 4.69) is 4.74 Å². The van der Waals surface area contributed by atoms with Crippen LogP contribution in [0.5, 0.6) is 5.75 Å². The average molecular weight is 567 g/mol. The van der Waals surface area contributed by atoms with E-state index in [1.807, 2.05) is 24.3 Å². The summed E-state index contributed by atoms with van der Waals surface area (Å²) in [5.74, 6) is -0.987. The normalized spacial score (nSPS) is 17.4. The van der Waals surface area contributed by atoms with Crippen LogP contribution in [0, 0.1) is 6.92 Å².